The van der Waals surface area contributed by atoms with Crippen LogP contribution < -0.4 is 32.5 Å². The molecule has 6 N–H and O–H groups in total. The summed E-state index contributed by atoms with van der Waals surface area (Å²) in [4.78, 5) is 64.5. The number of fused-ring (bicyclic) bond motifs is 2. The second-order valence-corrected chi connectivity index (χ2v) is 10.7. The highest BCUT2D eigenvalue weighted by Crippen LogP contribution is 2.26. The first kappa shape index (κ1) is 34.0. The average molecular weight is 642 g/mol. The number of carbonyl (C=O) groups excluding carboxylic acids is 2. The number of benzene rings is 2. The Hall–Kier alpha value is -5.89. The number of amides is 1. The smallest absolute Gasteiger partial charge is 0.354 e. The minimum absolute atomic E-state index is 0. The van der Waals surface area contributed by atoms with Crippen molar-refractivity contribution in [2.45, 2.75) is 39.9 Å². The maximum Gasteiger partial charge on any atom is 0.354 e. The van der Waals surface area contributed by atoms with Gasteiger partial charge in [-0.1, -0.05) is 37.8 Å². The SMILES string of the molecule is C.COC(=O)c1ccc([C@H](C)N)cc1.Nc1c(N2CCc3ccc(CNC(=O)c4cc(C(=O)O)n5nccc5n4)cc3C2)c(=O)c1=O. The zero-order valence-electron chi connectivity index (χ0n) is 25.0. The zero-order chi connectivity index (χ0) is 33.1. The van der Waals surface area contributed by atoms with E-state index in [0.717, 1.165) is 26.8 Å². The van der Waals surface area contributed by atoms with Crippen molar-refractivity contribution in [1.29, 1.82) is 0 Å². The molecule has 0 aliphatic carbocycles. The van der Waals surface area contributed by atoms with Crippen LogP contribution >= 0.6 is 0 Å². The summed E-state index contributed by atoms with van der Waals surface area (Å²) in [5.41, 5.74) is 15.0. The molecule has 0 saturated carbocycles. The third kappa shape index (κ3) is 7.02. The summed E-state index contributed by atoms with van der Waals surface area (Å²) in [6.45, 7) is 3.12. The Morgan fingerprint density at radius 3 is 2.40 bits per heavy atom. The number of anilines is 2. The Morgan fingerprint density at radius 2 is 1.77 bits per heavy atom. The number of aromatic carboxylic acids is 1. The maximum absolute atomic E-state index is 12.6. The molecule has 244 valence electrons. The number of ether oxygens (including phenoxy) is 1. The second-order valence-electron chi connectivity index (χ2n) is 10.7. The number of nitrogen functional groups attached to an aromatic ring is 1. The lowest BCUT2D eigenvalue weighted by Gasteiger charge is -2.32. The third-order valence-electron chi connectivity index (χ3n) is 7.64. The van der Waals surface area contributed by atoms with Crippen molar-refractivity contribution < 1.29 is 24.2 Å². The fraction of sp³-hybridized carbons (Fsp3) is 0.242. The van der Waals surface area contributed by atoms with Gasteiger partial charge in [0.1, 0.15) is 17.1 Å². The van der Waals surface area contributed by atoms with Crippen LogP contribution in [0.15, 0.2) is 70.4 Å². The number of hydrogen-bond acceptors (Lipinski definition) is 11. The average Bonchev–Trinajstić information content (AvgIpc) is 3.55. The molecule has 0 bridgehead atoms. The monoisotopic (exact) mass is 641 g/mol. The largest absolute Gasteiger partial charge is 0.477 e. The van der Waals surface area contributed by atoms with Crippen LogP contribution in [0.2, 0.25) is 0 Å². The Kier molecular flexibility index (Phi) is 10.2. The molecule has 47 heavy (non-hydrogen) atoms. The molecule has 1 atom stereocenters. The highest BCUT2D eigenvalue weighted by molar-refractivity contribution is 5.96. The number of aromatic nitrogens is 3. The van der Waals surface area contributed by atoms with Gasteiger partial charge < -0.3 is 31.5 Å². The highest BCUT2D eigenvalue weighted by atomic mass is 16.5. The number of nitrogens with one attached hydrogen (secondary N) is 1. The van der Waals surface area contributed by atoms with Gasteiger partial charge in [-0.25, -0.2) is 19.1 Å². The van der Waals surface area contributed by atoms with E-state index in [2.05, 4.69) is 20.1 Å². The first-order chi connectivity index (χ1) is 22.0. The first-order valence-corrected chi connectivity index (χ1v) is 14.2. The summed E-state index contributed by atoms with van der Waals surface area (Å²) < 4.78 is 5.72. The molecule has 0 spiro atoms. The number of carboxylic acids is 1. The molecule has 14 heteroatoms. The Labute approximate surface area is 269 Å². The van der Waals surface area contributed by atoms with Crippen molar-refractivity contribution in [2.24, 2.45) is 5.73 Å². The fourth-order valence-electron chi connectivity index (χ4n) is 5.12. The molecule has 2 aromatic heterocycles. The van der Waals surface area contributed by atoms with E-state index in [0.29, 0.717) is 25.1 Å². The summed E-state index contributed by atoms with van der Waals surface area (Å²) >= 11 is 0. The fourth-order valence-corrected chi connectivity index (χ4v) is 5.12. The molecule has 3 aromatic carbocycles. The molecular formula is C33H35N7O7. The van der Waals surface area contributed by atoms with Gasteiger partial charge in [0.25, 0.3) is 16.8 Å². The Bertz CT molecular complexity index is 2030. The maximum atomic E-state index is 12.6. The van der Waals surface area contributed by atoms with Gasteiger partial charge in [-0.15, -0.1) is 0 Å². The molecule has 1 amide bonds. The summed E-state index contributed by atoms with van der Waals surface area (Å²) in [7, 11) is 1.36. The van der Waals surface area contributed by atoms with Crippen LogP contribution in [0.4, 0.5) is 11.4 Å². The Morgan fingerprint density at radius 1 is 1.04 bits per heavy atom. The number of nitrogens with two attached hydrogens (primary N) is 2. The first-order valence-electron chi connectivity index (χ1n) is 14.2. The van der Waals surface area contributed by atoms with Crippen LogP contribution in [0.25, 0.3) is 5.65 Å². The van der Waals surface area contributed by atoms with Gasteiger partial charge in [-0.05, 0) is 47.7 Å². The Balaban J connectivity index is 0.000000303. The zero-order valence-corrected chi connectivity index (χ0v) is 25.0. The summed E-state index contributed by atoms with van der Waals surface area (Å²) in [6.07, 6.45) is 2.11. The standard InChI is InChI=1S/C22H18N6O5.C10H13NO2.CH4/c23-17-18(20(30)19(17)29)27-6-4-12-2-1-11(7-13(12)10-27)9-24-21(31)14-8-15(22(32)33)28-16(26-14)3-5-25-28;1-7(11)8-3-5-9(6-4-8)10(12)13-2;/h1-3,5,7-8H,4,6,9-10,23H2,(H,24,31)(H,32,33);3-7H,11H2,1-2H3;1H4/t;7-;/m.0./s1. The van der Waals surface area contributed by atoms with E-state index < -0.39 is 22.7 Å². The van der Waals surface area contributed by atoms with Crippen molar-refractivity contribution in [3.05, 3.63) is 120 Å². The van der Waals surface area contributed by atoms with Crippen LogP contribution in [0.1, 0.15) is 74.0 Å². The molecule has 3 heterocycles. The van der Waals surface area contributed by atoms with E-state index in [-0.39, 0.29) is 54.4 Å². The number of hydrogen-bond donors (Lipinski definition) is 4. The highest BCUT2D eigenvalue weighted by Gasteiger charge is 2.27. The van der Waals surface area contributed by atoms with Crippen LogP contribution in [-0.2, 0) is 24.2 Å². The van der Waals surface area contributed by atoms with Gasteiger partial charge in [0.05, 0.1) is 18.9 Å². The quantitative estimate of drug-likeness (QED) is 0.149. The predicted octanol–water partition coefficient (Wildman–Crippen LogP) is 2.23. The van der Waals surface area contributed by atoms with Gasteiger partial charge >= 0.3 is 11.9 Å². The van der Waals surface area contributed by atoms with Gasteiger partial charge in [-0.2, -0.15) is 5.10 Å². The van der Waals surface area contributed by atoms with Gasteiger partial charge in [-0.3, -0.25) is 14.4 Å². The van der Waals surface area contributed by atoms with Crippen molar-refractivity contribution in [1.82, 2.24) is 19.9 Å². The number of nitrogens with zero attached hydrogens (tertiary/aromatic N) is 4. The molecule has 14 nitrogen and oxygen atoms in total. The second kappa shape index (κ2) is 14.0. The lowest BCUT2D eigenvalue weighted by Crippen LogP contribution is -2.44. The van der Waals surface area contributed by atoms with Gasteiger partial charge in [0, 0.05) is 37.8 Å². The molecule has 1 aliphatic rings. The van der Waals surface area contributed by atoms with Crippen LogP contribution in [0.5, 0.6) is 0 Å². The van der Waals surface area contributed by atoms with E-state index in [4.69, 9.17) is 11.5 Å². The lowest BCUT2D eigenvalue weighted by atomic mass is 9.96. The molecule has 5 aromatic rings. The van der Waals surface area contributed by atoms with Gasteiger partial charge in [0.2, 0.25) is 0 Å². The minimum Gasteiger partial charge on any atom is -0.477 e. The number of rotatable bonds is 7. The molecule has 0 unspecified atom stereocenters. The summed E-state index contributed by atoms with van der Waals surface area (Å²) in [5.74, 6) is -2.06. The normalized spacial score (nSPS) is 12.7. The van der Waals surface area contributed by atoms with Crippen molar-refractivity contribution in [3.63, 3.8) is 0 Å². The summed E-state index contributed by atoms with van der Waals surface area (Å²) in [6, 6.07) is 15.6. The van der Waals surface area contributed by atoms with E-state index in [1.165, 1.54) is 25.4 Å². The minimum atomic E-state index is -1.22. The summed E-state index contributed by atoms with van der Waals surface area (Å²) in [5, 5.41) is 16.0. The van der Waals surface area contributed by atoms with Crippen LogP contribution in [0, 0.1) is 0 Å². The van der Waals surface area contributed by atoms with E-state index in [1.807, 2.05) is 42.2 Å². The van der Waals surface area contributed by atoms with Crippen molar-refractivity contribution in [2.75, 3.05) is 24.3 Å². The third-order valence-corrected chi connectivity index (χ3v) is 7.64. The molecular weight excluding hydrogens is 606 g/mol. The van der Waals surface area contributed by atoms with Crippen molar-refractivity contribution >= 4 is 34.9 Å². The van der Waals surface area contributed by atoms with E-state index in [9.17, 15) is 29.1 Å². The topological polar surface area (TPSA) is 212 Å². The van der Waals surface area contributed by atoms with Crippen LogP contribution in [-0.4, -0.2) is 51.2 Å². The molecule has 0 saturated heterocycles. The molecule has 0 radical (unpaired) electrons. The van der Waals surface area contributed by atoms with Crippen molar-refractivity contribution in [3.8, 4) is 0 Å². The molecule has 1 aliphatic heterocycles. The lowest BCUT2D eigenvalue weighted by molar-refractivity contribution is 0.0599. The number of methoxy groups -OCH3 is 1. The van der Waals surface area contributed by atoms with Gasteiger partial charge in [0.15, 0.2) is 11.3 Å². The number of carboxylic acid groups (broad SMARTS) is 1. The van der Waals surface area contributed by atoms with E-state index >= 15 is 0 Å². The number of carbonyl (C=O) groups is 3. The van der Waals surface area contributed by atoms with Crippen LogP contribution in [0.3, 0.4) is 0 Å². The molecule has 6 rings (SSSR count). The molecule has 0 fully saturated rings. The van der Waals surface area contributed by atoms with E-state index in [1.54, 1.807) is 12.1 Å². The number of esters is 1. The predicted molar refractivity (Wildman–Crippen MR) is 175 cm³/mol.